The standard InChI is InChI=1S/C34H41N3O4/c1-23-21-37(22-24(2)40-23)17-18-39-33-20-30-29(19-32(33)38-6)31(15-16-35-30)41-28-13-11-27(12-14-28)36-26-9-7-25(8-10-26)34(3,4)5/h7-16,19-20,23-24,36H,17-18,21-22H2,1-6H3/t23-,24+. The number of methoxy groups -OCH3 is 1. The summed E-state index contributed by atoms with van der Waals surface area (Å²) >= 11 is 0. The Balaban J connectivity index is 1.25. The molecule has 0 amide bonds. The molecule has 2 heterocycles. The lowest BCUT2D eigenvalue weighted by molar-refractivity contribution is -0.0699. The minimum atomic E-state index is 0.133. The molecule has 0 radical (unpaired) electrons. The van der Waals surface area contributed by atoms with Crippen LogP contribution in [-0.2, 0) is 10.2 Å². The predicted molar refractivity (Wildman–Crippen MR) is 165 cm³/mol. The molecular formula is C34H41N3O4. The Hall–Kier alpha value is -3.81. The summed E-state index contributed by atoms with van der Waals surface area (Å²) in [4.78, 5) is 6.94. The van der Waals surface area contributed by atoms with Gasteiger partial charge in [0, 0.05) is 48.7 Å². The summed E-state index contributed by atoms with van der Waals surface area (Å²) in [5.74, 6) is 2.76. The molecule has 1 fully saturated rings. The number of morpholine rings is 1. The van der Waals surface area contributed by atoms with Crippen molar-refractivity contribution in [3.05, 3.63) is 78.5 Å². The Bertz CT molecular complexity index is 1440. The lowest BCUT2D eigenvalue weighted by Crippen LogP contribution is -2.46. The van der Waals surface area contributed by atoms with Crippen molar-refractivity contribution in [2.24, 2.45) is 0 Å². The molecule has 1 saturated heterocycles. The smallest absolute Gasteiger partial charge is 0.163 e. The van der Waals surface area contributed by atoms with Gasteiger partial charge >= 0.3 is 0 Å². The number of nitrogens with one attached hydrogen (secondary N) is 1. The molecule has 0 bridgehead atoms. The fourth-order valence-corrected chi connectivity index (χ4v) is 5.19. The summed E-state index contributed by atoms with van der Waals surface area (Å²) in [5, 5.41) is 4.32. The number of aromatic nitrogens is 1. The molecule has 1 aromatic heterocycles. The molecular weight excluding hydrogens is 514 g/mol. The Morgan fingerprint density at radius 1 is 0.878 bits per heavy atom. The van der Waals surface area contributed by atoms with E-state index in [-0.39, 0.29) is 17.6 Å². The number of rotatable bonds is 9. The molecule has 0 aliphatic carbocycles. The van der Waals surface area contributed by atoms with Crippen LogP contribution in [0.2, 0.25) is 0 Å². The molecule has 2 atom stereocenters. The van der Waals surface area contributed by atoms with Crippen LogP contribution in [0.3, 0.4) is 0 Å². The molecule has 41 heavy (non-hydrogen) atoms. The van der Waals surface area contributed by atoms with Crippen molar-refractivity contribution in [1.82, 2.24) is 9.88 Å². The van der Waals surface area contributed by atoms with Crippen LogP contribution in [-0.4, -0.2) is 55.4 Å². The van der Waals surface area contributed by atoms with E-state index in [1.807, 2.05) is 42.5 Å². The van der Waals surface area contributed by atoms with Crippen molar-refractivity contribution in [2.45, 2.75) is 52.2 Å². The Kier molecular flexibility index (Phi) is 8.66. The average molecular weight is 556 g/mol. The van der Waals surface area contributed by atoms with E-state index in [2.05, 4.69) is 74.1 Å². The summed E-state index contributed by atoms with van der Waals surface area (Å²) in [6.07, 6.45) is 2.21. The van der Waals surface area contributed by atoms with Gasteiger partial charge in [-0.15, -0.1) is 0 Å². The number of ether oxygens (including phenoxy) is 4. The van der Waals surface area contributed by atoms with Crippen LogP contribution >= 0.6 is 0 Å². The molecule has 7 heteroatoms. The van der Waals surface area contributed by atoms with E-state index in [0.29, 0.717) is 23.9 Å². The number of benzene rings is 3. The third kappa shape index (κ3) is 7.29. The third-order valence-corrected chi connectivity index (χ3v) is 7.27. The maximum atomic E-state index is 6.29. The van der Waals surface area contributed by atoms with Crippen LogP contribution in [0.15, 0.2) is 72.9 Å². The molecule has 3 aromatic carbocycles. The minimum absolute atomic E-state index is 0.133. The number of nitrogens with zero attached hydrogens (tertiary/aromatic N) is 2. The summed E-state index contributed by atoms with van der Waals surface area (Å²) in [6.45, 7) is 14.1. The van der Waals surface area contributed by atoms with E-state index in [0.717, 1.165) is 47.7 Å². The number of hydrogen-bond acceptors (Lipinski definition) is 7. The minimum Gasteiger partial charge on any atom is -0.493 e. The summed E-state index contributed by atoms with van der Waals surface area (Å²) < 4.78 is 24.0. The van der Waals surface area contributed by atoms with E-state index in [9.17, 15) is 0 Å². The highest BCUT2D eigenvalue weighted by molar-refractivity contribution is 5.88. The largest absolute Gasteiger partial charge is 0.493 e. The molecule has 1 N–H and O–H groups in total. The van der Waals surface area contributed by atoms with Crippen LogP contribution in [0.5, 0.6) is 23.0 Å². The zero-order chi connectivity index (χ0) is 29.0. The molecule has 0 saturated carbocycles. The first-order valence-corrected chi connectivity index (χ1v) is 14.3. The molecule has 0 spiro atoms. The van der Waals surface area contributed by atoms with Crippen LogP contribution in [0.4, 0.5) is 11.4 Å². The van der Waals surface area contributed by atoms with Crippen molar-refractivity contribution in [3.8, 4) is 23.0 Å². The van der Waals surface area contributed by atoms with E-state index < -0.39 is 0 Å². The average Bonchev–Trinajstić information content (AvgIpc) is 2.93. The van der Waals surface area contributed by atoms with Gasteiger partial charge in [0.25, 0.3) is 0 Å². The van der Waals surface area contributed by atoms with Crippen LogP contribution in [0.25, 0.3) is 10.9 Å². The monoisotopic (exact) mass is 555 g/mol. The molecule has 0 unspecified atom stereocenters. The maximum absolute atomic E-state index is 6.29. The second-order valence-electron chi connectivity index (χ2n) is 11.8. The molecule has 1 aliphatic heterocycles. The SMILES string of the molecule is COc1cc2c(Oc3ccc(Nc4ccc(C(C)(C)C)cc4)cc3)ccnc2cc1OCCN1C[C@@H](C)O[C@@H](C)C1. The van der Waals surface area contributed by atoms with Gasteiger partial charge in [-0.25, -0.2) is 0 Å². The van der Waals surface area contributed by atoms with E-state index >= 15 is 0 Å². The topological polar surface area (TPSA) is 65.1 Å². The Labute approximate surface area is 243 Å². The van der Waals surface area contributed by atoms with Gasteiger partial charge in [-0.1, -0.05) is 32.9 Å². The number of pyridine rings is 1. The van der Waals surface area contributed by atoms with Crippen molar-refractivity contribution in [1.29, 1.82) is 0 Å². The highest BCUT2D eigenvalue weighted by Gasteiger charge is 2.22. The zero-order valence-electron chi connectivity index (χ0n) is 24.9. The predicted octanol–water partition coefficient (Wildman–Crippen LogP) is 7.56. The van der Waals surface area contributed by atoms with Crippen molar-refractivity contribution < 1.29 is 18.9 Å². The molecule has 1 aliphatic rings. The van der Waals surface area contributed by atoms with Crippen LogP contribution < -0.4 is 19.5 Å². The van der Waals surface area contributed by atoms with Gasteiger partial charge in [-0.3, -0.25) is 9.88 Å². The molecule has 5 rings (SSSR count). The normalized spacial score (nSPS) is 17.8. The first-order valence-electron chi connectivity index (χ1n) is 14.3. The summed E-state index contributed by atoms with van der Waals surface area (Å²) in [7, 11) is 1.65. The molecule has 216 valence electrons. The first kappa shape index (κ1) is 28.7. The van der Waals surface area contributed by atoms with Gasteiger partial charge in [0.2, 0.25) is 0 Å². The zero-order valence-corrected chi connectivity index (χ0v) is 24.9. The lowest BCUT2D eigenvalue weighted by atomic mass is 9.87. The van der Waals surface area contributed by atoms with Gasteiger partial charge < -0.3 is 24.3 Å². The molecule has 7 nitrogen and oxygen atoms in total. The number of fused-ring (bicyclic) bond motifs is 1. The van der Waals surface area contributed by atoms with E-state index in [1.54, 1.807) is 13.3 Å². The van der Waals surface area contributed by atoms with Gasteiger partial charge in [-0.2, -0.15) is 0 Å². The van der Waals surface area contributed by atoms with Gasteiger partial charge in [0.05, 0.1) is 24.8 Å². The second-order valence-corrected chi connectivity index (χ2v) is 11.8. The second kappa shape index (κ2) is 12.4. The summed E-state index contributed by atoms with van der Waals surface area (Å²) in [6, 6.07) is 22.2. The van der Waals surface area contributed by atoms with E-state index in [1.165, 1.54) is 5.56 Å². The Morgan fingerprint density at radius 3 is 2.17 bits per heavy atom. The maximum Gasteiger partial charge on any atom is 0.163 e. The van der Waals surface area contributed by atoms with E-state index in [4.69, 9.17) is 18.9 Å². The van der Waals surface area contributed by atoms with Gasteiger partial charge in [0.1, 0.15) is 18.1 Å². The lowest BCUT2D eigenvalue weighted by Gasteiger charge is -2.35. The summed E-state index contributed by atoms with van der Waals surface area (Å²) in [5.41, 5.74) is 4.26. The number of hydrogen-bond donors (Lipinski definition) is 1. The fraction of sp³-hybridized carbons (Fsp3) is 0.382. The first-order chi connectivity index (χ1) is 19.7. The van der Waals surface area contributed by atoms with Crippen LogP contribution in [0, 0.1) is 0 Å². The van der Waals surface area contributed by atoms with Gasteiger partial charge in [0.15, 0.2) is 11.5 Å². The highest BCUT2D eigenvalue weighted by Crippen LogP contribution is 2.37. The Morgan fingerprint density at radius 2 is 1.54 bits per heavy atom. The van der Waals surface area contributed by atoms with Crippen molar-refractivity contribution in [2.75, 3.05) is 38.7 Å². The van der Waals surface area contributed by atoms with Crippen LogP contribution in [0.1, 0.15) is 40.2 Å². The highest BCUT2D eigenvalue weighted by atomic mass is 16.5. The van der Waals surface area contributed by atoms with Crippen molar-refractivity contribution in [3.63, 3.8) is 0 Å². The quantitative estimate of drug-likeness (QED) is 0.229. The van der Waals surface area contributed by atoms with Gasteiger partial charge in [-0.05, 0) is 73.4 Å². The fourth-order valence-electron chi connectivity index (χ4n) is 5.19. The molecule has 4 aromatic rings. The number of anilines is 2. The third-order valence-electron chi connectivity index (χ3n) is 7.27. The van der Waals surface area contributed by atoms with Crippen molar-refractivity contribution >= 4 is 22.3 Å².